The summed E-state index contributed by atoms with van der Waals surface area (Å²) in [5.41, 5.74) is 4.65. The predicted molar refractivity (Wildman–Crippen MR) is 86.7 cm³/mol. The number of nitrogens with two attached hydrogens (primary N) is 1. The van der Waals surface area contributed by atoms with Crippen LogP contribution in [-0.4, -0.2) is 29.0 Å². The first-order chi connectivity index (χ1) is 9.66. The molecule has 1 aromatic rings. The minimum atomic E-state index is -0.907. The second-order valence-corrected chi connectivity index (χ2v) is 5.64. The van der Waals surface area contributed by atoms with Gasteiger partial charge in [-0.3, -0.25) is 14.9 Å². The first-order valence-electron chi connectivity index (χ1n) is 6.29. The monoisotopic (exact) mass is 351 g/mol. The van der Waals surface area contributed by atoms with Crippen molar-refractivity contribution in [3.63, 3.8) is 0 Å². The number of carbonyl (C=O) groups is 1. The van der Waals surface area contributed by atoms with Crippen LogP contribution < -0.4 is 15.8 Å². The van der Waals surface area contributed by atoms with Crippen molar-refractivity contribution in [3.8, 4) is 5.75 Å². The highest BCUT2D eigenvalue weighted by atomic mass is 35.5. The molecule has 0 spiro atoms. The second kappa shape index (κ2) is 8.17. The van der Waals surface area contributed by atoms with Gasteiger partial charge in [-0.2, -0.15) is 0 Å². The normalized spacial score (nSPS) is 12.0. The molecule has 0 saturated heterocycles. The predicted octanol–water partition coefficient (Wildman–Crippen LogP) is 2.29. The van der Waals surface area contributed by atoms with Gasteiger partial charge in [0.25, 0.3) is 5.91 Å². The van der Waals surface area contributed by atoms with Gasteiger partial charge < -0.3 is 15.8 Å². The van der Waals surface area contributed by atoms with Crippen LogP contribution >= 0.6 is 24.0 Å². The summed E-state index contributed by atoms with van der Waals surface area (Å²) in [4.78, 5) is 22.3. The number of nitrogens with one attached hydrogen (secondary N) is 1. The average Bonchev–Trinajstić information content (AvgIpc) is 2.40. The summed E-state index contributed by atoms with van der Waals surface area (Å²) in [7, 11) is 0. The van der Waals surface area contributed by atoms with Gasteiger partial charge in [0.1, 0.15) is 0 Å². The SMILES string of the molecule is CC(Oc1ccc(Cl)cc1[N+](=O)[O-])C(=O)NC(C)(C)CN.Cl. The Labute approximate surface area is 139 Å². The van der Waals surface area contributed by atoms with Crippen molar-refractivity contribution in [2.24, 2.45) is 5.73 Å². The molecule has 0 bridgehead atoms. The summed E-state index contributed by atoms with van der Waals surface area (Å²) >= 11 is 5.71. The number of halogens is 2. The highest BCUT2D eigenvalue weighted by molar-refractivity contribution is 6.30. The molecule has 0 aliphatic carbocycles. The molecule has 0 aromatic heterocycles. The van der Waals surface area contributed by atoms with Crippen molar-refractivity contribution in [1.29, 1.82) is 0 Å². The third kappa shape index (κ3) is 5.67. The van der Waals surface area contributed by atoms with Crippen LogP contribution in [0.4, 0.5) is 5.69 Å². The van der Waals surface area contributed by atoms with E-state index in [0.717, 1.165) is 0 Å². The van der Waals surface area contributed by atoms with E-state index in [4.69, 9.17) is 22.1 Å². The van der Waals surface area contributed by atoms with E-state index >= 15 is 0 Å². The van der Waals surface area contributed by atoms with E-state index in [0.29, 0.717) is 0 Å². The number of nitro groups is 1. The molecule has 1 amide bonds. The Hall–Kier alpha value is -1.57. The first kappa shape index (κ1) is 20.4. The molecular weight excluding hydrogens is 333 g/mol. The number of ether oxygens (including phenoxy) is 1. The zero-order valence-electron chi connectivity index (χ0n) is 12.5. The van der Waals surface area contributed by atoms with Gasteiger partial charge in [0.15, 0.2) is 11.9 Å². The van der Waals surface area contributed by atoms with Crippen molar-refractivity contribution in [3.05, 3.63) is 33.3 Å². The fourth-order valence-electron chi connectivity index (χ4n) is 1.46. The fourth-order valence-corrected chi connectivity index (χ4v) is 1.63. The molecule has 124 valence electrons. The molecule has 1 aromatic carbocycles. The minimum Gasteiger partial charge on any atom is -0.474 e. The van der Waals surface area contributed by atoms with Crippen LogP contribution in [-0.2, 0) is 4.79 Å². The van der Waals surface area contributed by atoms with Crippen LogP contribution in [0.25, 0.3) is 0 Å². The van der Waals surface area contributed by atoms with Crippen molar-refractivity contribution in [1.82, 2.24) is 5.32 Å². The Kier molecular flexibility index (Phi) is 7.58. The van der Waals surface area contributed by atoms with Gasteiger partial charge in [-0.1, -0.05) is 11.6 Å². The van der Waals surface area contributed by atoms with E-state index in [1.807, 2.05) is 0 Å². The van der Waals surface area contributed by atoms with E-state index in [1.54, 1.807) is 13.8 Å². The van der Waals surface area contributed by atoms with Gasteiger partial charge in [-0.05, 0) is 32.9 Å². The van der Waals surface area contributed by atoms with Crippen molar-refractivity contribution in [2.75, 3.05) is 6.54 Å². The molecule has 1 unspecified atom stereocenters. The molecule has 7 nitrogen and oxygen atoms in total. The molecule has 0 fully saturated rings. The molecule has 0 saturated carbocycles. The van der Waals surface area contributed by atoms with E-state index in [9.17, 15) is 14.9 Å². The Morgan fingerprint density at radius 2 is 2.14 bits per heavy atom. The largest absolute Gasteiger partial charge is 0.474 e. The molecule has 1 rings (SSSR count). The Bertz CT molecular complexity index is 552. The van der Waals surface area contributed by atoms with Crippen LogP contribution in [0.15, 0.2) is 18.2 Å². The number of carbonyl (C=O) groups excluding carboxylic acids is 1. The summed E-state index contributed by atoms with van der Waals surface area (Å²) in [6.45, 7) is 5.29. The molecule has 1 atom stereocenters. The Morgan fingerprint density at radius 1 is 1.55 bits per heavy atom. The zero-order chi connectivity index (χ0) is 16.2. The van der Waals surface area contributed by atoms with Crippen LogP contribution in [0.1, 0.15) is 20.8 Å². The maximum absolute atomic E-state index is 12.0. The summed E-state index contributed by atoms with van der Waals surface area (Å²) in [6.07, 6.45) is -0.907. The van der Waals surface area contributed by atoms with Gasteiger partial charge in [0, 0.05) is 23.2 Å². The van der Waals surface area contributed by atoms with Crippen LogP contribution in [0, 0.1) is 10.1 Å². The molecular formula is C13H19Cl2N3O4. The number of nitrogens with zero attached hydrogens (tertiary/aromatic N) is 1. The summed E-state index contributed by atoms with van der Waals surface area (Å²) in [6, 6.07) is 3.99. The topological polar surface area (TPSA) is 107 Å². The molecule has 0 radical (unpaired) electrons. The quantitative estimate of drug-likeness (QED) is 0.603. The number of rotatable bonds is 6. The van der Waals surface area contributed by atoms with Gasteiger partial charge in [0.2, 0.25) is 0 Å². The molecule has 3 N–H and O–H groups in total. The summed E-state index contributed by atoms with van der Waals surface area (Å²) in [5, 5.41) is 13.9. The number of amides is 1. The standard InChI is InChI=1S/C13H18ClN3O4.ClH/c1-8(12(18)16-13(2,3)7-15)21-11-5-4-9(14)6-10(11)17(19)20;/h4-6,8H,7,15H2,1-3H3,(H,16,18);1H. The first-order valence-corrected chi connectivity index (χ1v) is 6.67. The van der Waals surface area contributed by atoms with E-state index in [1.165, 1.54) is 25.1 Å². The third-order valence-electron chi connectivity index (χ3n) is 2.76. The average molecular weight is 352 g/mol. The smallest absolute Gasteiger partial charge is 0.312 e. The van der Waals surface area contributed by atoms with Crippen LogP contribution in [0.3, 0.4) is 0 Å². The summed E-state index contributed by atoms with van der Waals surface area (Å²) in [5.74, 6) is -0.424. The molecule has 0 heterocycles. The number of benzene rings is 1. The maximum Gasteiger partial charge on any atom is 0.312 e. The molecule has 22 heavy (non-hydrogen) atoms. The van der Waals surface area contributed by atoms with Gasteiger partial charge in [0.05, 0.1) is 4.92 Å². The van der Waals surface area contributed by atoms with Gasteiger partial charge in [-0.15, -0.1) is 12.4 Å². The number of hydrogen-bond acceptors (Lipinski definition) is 5. The van der Waals surface area contributed by atoms with Crippen LogP contribution in [0.5, 0.6) is 5.75 Å². The molecule has 0 aliphatic rings. The fraction of sp³-hybridized carbons (Fsp3) is 0.462. The highest BCUT2D eigenvalue weighted by Gasteiger charge is 2.25. The molecule has 0 aliphatic heterocycles. The Morgan fingerprint density at radius 3 is 2.64 bits per heavy atom. The lowest BCUT2D eigenvalue weighted by atomic mass is 10.1. The lowest BCUT2D eigenvalue weighted by molar-refractivity contribution is -0.386. The van der Waals surface area contributed by atoms with Crippen molar-refractivity contribution in [2.45, 2.75) is 32.4 Å². The van der Waals surface area contributed by atoms with Crippen molar-refractivity contribution < 1.29 is 14.5 Å². The third-order valence-corrected chi connectivity index (χ3v) is 3.00. The van der Waals surface area contributed by atoms with Gasteiger partial charge >= 0.3 is 5.69 Å². The minimum absolute atomic E-state index is 0. The van der Waals surface area contributed by atoms with Crippen molar-refractivity contribution >= 4 is 35.6 Å². The lowest BCUT2D eigenvalue weighted by Crippen LogP contribution is -2.52. The van der Waals surface area contributed by atoms with Gasteiger partial charge in [-0.25, -0.2) is 0 Å². The van der Waals surface area contributed by atoms with Crippen LogP contribution in [0.2, 0.25) is 5.02 Å². The van der Waals surface area contributed by atoms with E-state index in [2.05, 4.69) is 5.32 Å². The Balaban J connectivity index is 0.00000441. The second-order valence-electron chi connectivity index (χ2n) is 5.21. The van der Waals surface area contributed by atoms with E-state index in [-0.39, 0.29) is 35.4 Å². The number of nitro benzene ring substituents is 1. The lowest BCUT2D eigenvalue weighted by Gasteiger charge is -2.26. The zero-order valence-corrected chi connectivity index (χ0v) is 14.0. The van der Waals surface area contributed by atoms with E-state index < -0.39 is 22.5 Å². The molecule has 9 heteroatoms. The highest BCUT2D eigenvalue weighted by Crippen LogP contribution is 2.30. The number of hydrogen-bond donors (Lipinski definition) is 2. The maximum atomic E-state index is 12.0. The summed E-state index contributed by atoms with van der Waals surface area (Å²) < 4.78 is 5.36.